The lowest BCUT2D eigenvalue weighted by molar-refractivity contribution is 0.0818. The van der Waals surface area contributed by atoms with Gasteiger partial charge in [0.25, 0.3) is 0 Å². The van der Waals surface area contributed by atoms with Gasteiger partial charge in [-0.2, -0.15) is 0 Å². The number of piperidine rings is 2. The highest BCUT2D eigenvalue weighted by atomic mass is 15.2. The SMILES string of the molecule is C1CCN(CC2CCNCC2N2CCCCCC2)CC1. The molecule has 3 rings (SSSR count). The Labute approximate surface area is 125 Å². The Morgan fingerprint density at radius 1 is 0.800 bits per heavy atom. The fourth-order valence-electron chi connectivity index (χ4n) is 4.44. The third kappa shape index (κ3) is 3.96. The highest BCUT2D eigenvalue weighted by molar-refractivity contribution is 4.88. The van der Waals surface area contributed by atoms with Gasteiger partial charge in [0.15, 0.2) is 0 Å². The molecule has 0 bridgehead atoms. The summed E-state index contributed by atoms with van der Waals surface area (Å²) in [7, 11) is 0. The molecule has 0 spiro atoms. The van der Waals surface area contributed by atoms with E-state index in [0.29, 0.717) is 0 Å². The number of hydrogen-bond donors (Lipinski definition) is 1. The van der Waals surface area contributed by atoms with Gasteiger partial charge >= 0.3 is 0 Å². The highest BCUT2D eigenvalue weighted by Gasteiger charge is 2.31. The van der Waals surface area contributed by atoms with Crippen molar-refractivity contribution in [3.8, 4) is 0 Å². The van der Waals surface area contributed by atoms with Gasteiger partial charge in [-0.1, -0.05) is 19.3 Å². The van der Waals surface area contributed by atoms with Crippen molar-refractivity contribution in [3.05, 3.63) is 0 Å². The quantitative estimate of drug-likeness (QED) is 0.855. The number of nitrogens with zero attached hydrogens (tertiary/aromatic N) is 2. The maximum Gasteiger partial charge on any atom is 0.0261 e. The zero-order chi connectivity index (χ0) is 13.6. The summed E-state index contributed by atoms with van der Waals surface area (Å²) in [5.74, 6) is 0.910. The Kier molecular flexibility index (Phi) is 5.75. The maximum atomic E-state index is 3.66. The minimum atomic E-state index is 0.809. The van der Waals surface area contributed by atoms with E-state index < -0.39 is 0 Å². The number of hydrogen-bond acceptors (Lipinski definition) is 3. The Morgan fingerprint density at radius 3 is 2.20 bits per heavy atom. The van der Waals surface area contributed by atoms with Crippen LogP contribution in [-0.2, 0) is 0 Å². The van der Waals surface area contributed by atoms with Gasteiger partial charge in [-0.25, -0.2) is 0 Å². The van der Waals surface area contributed by atoms with Gasteiger partial charge in [0, 0.05) is 19.1 Å². The molecule has 3 saturated heterocycles. The average molecular weight is 279 g/mol. The molecule has 2 atom stereocenters. The van der Waals surface area contributed by atoms with E-state index in [0.717, 1.165) is 12.0 Å². The van der Waals surface area contributed by atoms with E-state index in [9.17, 15) is 0 Å². The third-order valence-electron chi connectivity index (χ3n) is 5.64. The molecule has 3 heteroatoms. The second-order valence-electron chi connectivity index (χ2n) is 7.13. The van der Waals surface area contributed by atoms with Crippen LogP contribution in [0.1, 0.15) is 51.4 Å². The molecule has 116 valence electrons. The normalized spacial score (nSPS) is 34.8. The molecule has 3 heterocycles. The minimum absolute atomic E-state index is 0.809. The van der Waals surface area contributed by atoms with Crippen LogP contribution in [0.25, 0.3) is 0 Å². The smallest absolute Gasteiger partial charge is 0.0261 e. The van der Waals surface area contributed by atoms with E-state index in [-0.39, 0.29) is 0 Å². The number of likely N-dealkylation sites (tertiary alicyclic amines) is 2. The fourth-order valence-corrected chi connectivity index (χ4v) is 4.44. The Balaban J connectivity index is 1.57. The summed E-state index contributed by atoms with van der Waals surface area (Å²) in [6, 6.07) is 0.809. The number of nitrogens with one attached hydrogen (secondary N) is 1. The second kappa shape index (κ2) is 7.77. The lowest BCUT2D eigenvalue weighted by Gasteiger charge is -2.42. The first-order valence-corrected chi connectivity index (χ1v) is 9.10. The molecule has 0 aliphatic carbocycles. The molecule has 0 saturated carbocycles. The zero-order valence-electron chi connectivity index (χ0n) is 13.2. The molecule has 1 N–H and O–H groups in total. The van der Waals surface area contributed by atoms with Crippen LogP contribution in [0.5, 0.6) is 0 Å². The lowest BCUT2D eigenvalue weighted by atomic mass is 9.90. The maximum absolute atomic E-state index is 3.66. The van der Waals surface area contributed by atoms with E-state index in [1.807, 2.05) is 0 Å². The van der Waals surface area contributed by atoms with Crippen molar-refractivity contribution in [2.75, 3.05) is 45.8 Å². The van der Waals surface area contributed by atoms with Gasteiger partial charge in [0.05, 0.1) is 0 Å². The summed E-state index contributed by atoms with van der Waals surface area (Å²) in [6.07, 6.45) is 11.5. The van der Waals surface area contributed by atoms with Crippen molar-refractivity contribution in [2.45, 2.75) is 57.4 Å². The van der Waals surface area contributed by atoms with Crippen molar-refractivity contribution in [1.29, 1.82) is 0 Å². The summed E-state index contributed by atoms with van der Waals surface area (Å²) in [5.41, 5.74) is 0. The number of rotatable bonds is 3. The first kappa shape index (κ1) is 14.8. The third-order valence-corrected chi connectivity index (χ3v) is 5.64. The van der Waals surface area contributed by atoms with Crippen molar-refractivity contribution in [3.63, 3.8) is 0 Å². The summed E-state index contributed by atoms with van der Waals surface area (Å²) >= 11 is 0. The molecule has 0 radical (unpaired) electrons. The van der Waals surface area contributed by atoms with Crippen molar-refractivity contribution < 1.29 is 0 Å². The van der Waals surface area contributed by atoms with Crippen LogP contribution in [-0.4, -0.2) is 61.7 Å². The summed E-state index contributed by atoms with van der Waals surface area (Å²) < 4.78 is 0. The van der Waals surface area contributed by atoms with Gasteiger partial charge in [0.1, 0.15) is 0 Å². The summed E-state index contributed by atoms with van der Waals surface area (Å²) in [5, 5.41) is 3.66. The second-order valence-corrected chi connectivity index (χ2v) is 7.13. The molecular formula is C17H33N3. The monoisotopic (exact) mass is 279 g/mol. The van der Waals surface area contributed by atoms with Crippen molar-refractivity contribution in [2.24, 2.45) is 5.92 Å². The highest BCUT2D eigenvalue weighted by Crippen LogP contribution is 2.24. The minimum Gasteiger partial charge on any atom is -0.315 e. The molecule has 3 fully saturated rings. The molecule has 3 aliphatic heterocycles. The molecule has 3 aliphatic rings. The average Bonchev–Trinajstić information content (AvgIpc) is 2.78. The molecule has 0 aromatic carbocycles. The first-order chi connectivity index (χ1) is 9.93. The zero-order valence-corrected chi connectivity index (χ0v) is 13.2. The lowest BCUT2D eigenvalue weighted by Crippen LogP contribution is -2.54. The molecular weight excluding hydrogens is 246 g/mol. The Bertz CT molecular complexity index is 267. The molecule has 0 aromatic rings. The molecule has 3 nitrogen and oxygen atoms in total. The summed E-state index contributed by atoms with van der Waals surface area (Å²) in [6.45, 7) is 9.25. The van der Waals surface area contributed by atoms with Gasteiger partial charge < -0.3 is 10.2 Å². The van der Waals surface area contributed by atoms with Crippen LogP contribution in [0.4, 0.5) is 0 Å². The van der Waals surface area contributed by atoms with Crippen LogP contribution < -0.4 is 5.32 Å². The topological polar surface area (TPSA) is 18.5 Å². The largest absolute Gasteiger partial charge is 0.315 e. The van der Waals surface area contributed by atoms with Crippen LogP contribution >= 0.6 is 0 Å². The molecule has 0 amide bonds. The van der Waals surface area contributed by atoms with Crippen LogP contribution in [0, 0.1) is 5.92 Å². The van der Waals surface area contributed by atoms with Crippen molar-refractivity contribution in [1.82, 2.24) is 15.1 Å². The van der Waals surface area contributed by atoms with Crippen LogP contribution in [0.15, 0.2) is 0 Å². The van der Waals surface area contributed by atoms with E-state index in [1.54, 1.807) is 0 Å². The fraction of sp³-hybridized carbons (Fsp3) is 1.00. The Morgan fingerprint density at radius 2 is 1.45 bits per heavy atom. The Hall–Kier alpha value is -0.120. The molecule has 0 aromatic heterocycles. The van der Waals surface area contributed by atoms with Crippen LogP contribution in [0.2, 0.25) is 0 Å². The predicted molar refractivity (Wildman–Crippen MR) is 85.1 cm³/mol. The van der Waals surface area contributed by atoms with Gasteiger partial charge in [0.2, 0.25) is 0 Å². The van der Waals surface area contributed by atoms with Crippen LogP contribution in [0.3, 0.4) is 0 Å². The first-order valence-electron chi connectivity index (χ1n) is 9.10. The molecule has 20 heavy (non-hydrogen) atoms. The molecule has 2 unspecified atom stereocenters. The summed E-state index contributed by atoms with van der Waals surface area (Å²) in [4.78, 5) is 5.58. The van der Waals surface area contributed by atoms with Gasteiger partial charge in [-0.15, -0.1) is 0 Å². The van der Waals surface area contributed by atoms with E-state index in [1.165, 1.54) is 97.2 Å². The van der Waals surface area contributed by atoms with Crippen molar-refractivity contribution >= 4 is 0 Å². The van der Waals surface area contributed by atoms with Gasteiger partial charge in [-0.3, -0.25) is 4.90 Å². The standard InChI is InChI=1S/C17H33N3/c1-2-7-13-20(12-6-1)17-14-18-9-8-16(17)15-19-10-4-3-5-11-19/h16-18H,1-15H2. The predicted octanol–water partition coefficient (Wildman–Crippen LogP) is 2.33. The van der Waals surface area contributed by atoms with E-state index >= 15 is 0 Å². The van der Waals surface area contributed by atoms with Gasteiger partial charge in [-0.05, 0) is 70.7 Å². The van der Waals surface area contributed by atoms with E-state index in [4.69, 9.17) is 0 Å². The van der Waals surface area contributed by atoms with E-state index in [2.05, 4.69) is 15.1 Å².